The Hall–Kier alpha value is -2.95. The van der Waals surface area contributed by atoms with Crippen molar-refractivity contribution in [2.45, 2.75) is 19.8 Å². The predicted molar refractivity (Wildman–Crippen MR) is 98.5 cm³/mol. The van der Waals surface area contributed by atoms with Crippen molar-refractivity contribution in [2.75, 3.05) is 11.4 Å². The van der Waals surface area contributed by atoms with Gasteiger partial charge >= 0.3 is 0 Å². The molecule has 1 fully saturated rings. The van der Waals surface area contributed by atoms with Gasteiger partial charge in [-0.15, -0.1) is 0 Å². The molecule has 5 heteroatoms. The van der Waals surface area contributed by atoms with Crippen LogP contribution in [0.25, 0.3) is 0 Å². The third kappa shape index (κ3) is 4.12. The van der Waals surface area contributed by atoms with E-state index in [2.05, 4.69) is 17.5 Å². The maximum Gasteiger partial charge on any atom is 0.245 e. The Balaban J connectivity index is 1.56. The fourth-order valence-electron chi connectivity index (χ4n) is 2.84. The highest BCUT2D eigenvalue weighted by molar-refractivity contribution is 6.00. The molecule has 1 saturated heterocycles. The lowest BCUT2D eigenvalue weighted by Gasteiger charge is -2.16. The highest BCUT2D eigenvalue weighted by Gasteiger charge is 2.34. The molecule has 1 aliphatic rings. The number of anilines is 1. The fourth-order valence-corrected chi connectivity index (χ4v) is 2.84. The molecule has 1 unspecified atom stereocenters. The molecule has 0 bridgehead atoms. The normalized spacial score (nSPS) is 17.2. The highest BCUT2D eigenvalue weighted by Crippen LogP contribution is 2.24. The van der Waals surface area contributed by atoms with Crippen LogP contribution in [0.3, 0.4) is 0 Å². The van der Waals surface area contributed by atoms with Gasteiger partial charge in [0, 0.05) is 18.7 Å². The summed E-state index contributed by atoms with van der Waals surface area (Å²) >= 11 is 0. The average Bonchev–Trinajstić information content (AvgIpc) is 3.05. The van der Waals surface area contributed by atoms with Crippen molar-refractivity contribution in [3.63, 3.8) is 0 Å². The summed E-state index contributed by atoms with van der Waals surface area (Å²) in [6.07, 6.45) is 2.81. The van der Waals surface area contributed by atoms with Crippen molar-refractivity contribution in [3.8, 4) is 0 Å². The van der Waals surface area contributed by atoms with E-state index >= 15 is 0 Å². The van der Waals surface area contributed by atoms with Gasteiger partial charge in [0.05, 0.1) is 12.1 Å². The highest BCUT2D eigenvalue weighted by atomic mass is 16.2. The maximum absolute atomic E-state index is 12.3. The van der Waals surface area contributed by atoms with Gasteiger partial charge in [0.15, 0.2) is 0 Å². The summed E-state index contributed by atoms with van der Waals surface area (Å²) in [5.74, 6) is -0.647. The Morgan fingerprint density at radius 2 is 1.92 bits per heavy atom. The third-order valence-electron chi connectivity index (χ3n) is 4.34. The number of nitrogens with zero attached hydrogens (tertiary/aromatic N) is 2. The lowest BCUT2D eigenvalue weighted by Crippen LogP contribution is -2.30. The van der Waals surface area contributed by atoms with Crippen LogP contribution >= 0.6 is 0 Å². The van der Waals surface area contributed by atoms with Gasteiger partial charge in [-0.25, -0.2) is 5.43 Å². The van der Waals surface area contributed by atoms with E-state index < -0.39 is 0 Å². The monoisotopic (exact) mass is 335 g/mol. The Morgan fingerprint density at radius 1 is 1.20 bits per heavy atom. The van der Waals surface area contributed by atoms with Crippen LogP contribution in [0.15, 0.2) is 59.7 Å². The number of hydrogen-bond acceptors (Lipinski definition) is 3. The number of benzene rings is 2. The minimum absolute atomic E-state index is 0.0366. The molecule has 1 N–H and O–H groups in total. The molecule has 0 saturated carbocycles. The summed E-state index contributed by atoms with van der Waals surface area (Å²) < 4.78 is 0. The number of rotatable bonds is 5. The molecule has 0 spiro atoms. The smallest absolute Gasteiger partial charge is 0.245 e. The van der Waals surface area contributed by atoms with Crippen molar-refractivity contribution in [2.24, 2.45) is 11.0 Å². The zero-order chi connectivity index (χ0) is 17.6. The third-order valence-corrected chi connectivity index (χ3v) is 4.34. The van der Waals surface area contributed by atoms with Crippen LogP contribution in [0.4, 0.5) is 5.69 Å². The number of aryl methyl sites for hydroxylation is 1. The molecule has 3 rings (SSSR count). The fraction of sp³-hybridized carbons (Fsp3) is 0.250. The van der Waals surface area contributed by atoms with E-state index in [9.17, 15) is 9.59 Å². The molecule has 0 aromatic heterocycles. The van der Waals surface area contributed by atoms with E-state index in [4.69, 9.17) is 0 Å². The van der Waals surface area contributed by atoms with Crippen molar-refractivity contribution in [1.29, 1.82) is 0 Å². The standard InChI is InChI=1S/C20H21N3O2/c1-2-15-8-10-16(11-9-15)13-21-22-20(25)17-12-19(24)23(14-17)18-6-4-3-5-7-18/h3-11,13,17H,2,12,14H2,1H3,(H,22,25)/b21-13+. The van der Waals surface area contributed by atoms with E-state index in [-0.39, 0.29) is 24.2 Å². The zero-order valence-electron chi connectivity index (χ0n) is 14.2. The summed E-state index contributed by atoms with van der Waals surface area (Å²) in [5.41, 5.74) is 5.55. The van der Waals surface area contributed by atoms with Crippen molar-refractivity contribution >= 4 is 23.7 Å². The molecule has 1 heterocycles. The number of nitrogens with one attached hydrogen (secondary N) is 1. The van der Waals surface area contributed by atoms with Gasteiger partial charge in [-0.1, -0.05) is 49.4 Å². The minimum atomic E-state index is -0.382. The molecular weight excluding hydrogens is 314 g/mol. The summed E-state index contributed by atoms with van der Waals surface area (Å²) in [6, 6.07) is 17.4. The quantitative estimate of drug-likeness (QED) is 0.674. The molecule has 5 nitrogen and oxygen atoms in total. The van der Waals surface area contributed by atoms with Gasteiger partial charge in [0.2, 0.25) is 11.8 Å². The van der Waals surface area contributed by atoms with Crippen LogP contribution < -0.4 is 10.3 Å². The average molecular weight is 335 g/mol. The Morgan fingerprint density at radius 3 is 2.60 bits per heavy atom. The molecule has 0 radical (unpaired) electrons. The molecule has 0 aliphatic carbocycles. The molecule has 2 amide bonds. The second kappa shape index (κ2) is 7.75. The minimum Gasteiger partial charge on any atom is -0.312 e. The molecular formula is C20H21N3O2. The second-order valence-electron chi connectivity index (χ2n) is 6.07. The van der Waals surface area contributed by atoms with Gasteiger partial charge in [0.1, 0.15) is 0 Å². The number of para-hydroxylation sites is 1. The van der Waals surface area contributed by atoms with Gasteiger partial charge < -0.3 is 4.90 Å². The molecule has 2 aromatic carbocycles. The first-order valence-corrected chi connectivity index (χ1v) is 8.44. The van der Waals surface area contributed by atoms with Crippen molar-refractivity contribution in [3.05, 3.63) is 65.7 Å². The summed E-state index contributed by atoms with van der Waals surface area (Å²) in [6.45, 7) is 2.49. The number of hydrazone groups is 1. The molecule has 25 heavy (non-hydrogen) atoms. The summed E-state index contributed by atoms with van der Waals surface area (Å²) in [4.78, 5) is 26.1. The van der Waals surface area contributed by atoms with E-state index in [1.54, 1.807) is 11.1 Å². The molecule has 2 aromatic rings. The number of hydrogen-bond donors (Lipinski definition) is 1. The Labute approximate surface area is 147 Å². The van der Waals surface area contributed by atoms with Gasteiger partial charge in [-0.3, -0.25) is 9.59 Å². The van der Waals surface area contributed by atoms with Crippen molar-refractivity contribution < 1.29 is 9.59 Å². The number of carbonyl (C=O) groups excluding carboxylic acids is 2. The first-order valence-electron chi connectivity index (χ1n) is 8.44. The largest absolute Gasteiger partial charge is 0.312 e. The Kier molecular flexibility index (Phi) is 5.23. The SMILES string of the molecule is CCc1ccc(/C=N/NC(=O)C2CC(=O)N(c3ccccc3)C2)cc1. The van der Waals surface area contributed by atoms with Crippen LogP contribution in [0, 0.1) is 5.92 Å². The molecule has 128 valence electrons. The van der Waals surface area contributed by atoms with Crippen LogP contribution in [-0.2, 0) is 16.0 Å². The lowest BCUT2D eigenvalue weighted by molar-refractivity contribution is -0.126. The predicted octanol–water partition coefficient (Wildman–Crippen LogP) is 2.75. The summed E-state index contributed by atoms with van der Waals surface area (Å²) in [7, 11) is 0. The lowest BCUT2D eigenvalue weighted by atomic mass is 10.1. The van der Waals surface area contributed by atoms with Gasteiger partial charge in [-0.2, -0.15) is 5.10 Å². The van der Waals surface area contributed by atoms with E-state index in [1.165, 1.54) is 5.56 Å². The molecule has 1 aliphatic heterocycles. The van der Waals surface area contributed by atoms with E-state index in [1.807, 2.05) is 54.6 Å². The van der Waals surface area contributed by atoms with Crippen LogP contribution in [0.1, 0.15) is 24.5 Å². The van der Waals surface area contributed by atoms with Crippen LogP contribution in [0.5, 0.6) is 0 Å². The van der Waals surface area contributed by atoms with Gasteiger partial charge in [-0.05, 0) is 29.7 Å². The number of carbonyl (C=O) groups is 2. The topological polar surface area (TPSA) is 61.8 Å². The van der Waals surface area contributed by atoms with E-state index in [0.717, 1.165) is 17.7 Å². The van der Waals surface area contributed by atoms with Crippen LogP contribution in [-0.4, -0.2) is 24.6 Å². The van der Waals surface area contributed by atoms with Crippen LogP contribution in [0.2, 0.25) is 0 Å². The summed E-state index contributed by atoms with van der Waals surface area (Å²) in [5, 5.41) is 4.01. The van der Waals surface area contributed by atoms with Gasteiger partial charge in [0.25, 0.3) is 0 Å². The Bertz CT molecular complexity index is 769. The maximum atomic E-state index is 12.3. The first kappa shape index (κ1) is 16.9. The van der Waals surface area contributed by atoms with E-state index in [0.29, 0.717) is 6.54 Å². The first-order chi connectivity index (χ1) is 12.2. The molecule has 1 atom stereocenters. The zero-order valence-corrected chi connectivity index (χ0v) is 14.2. The van der Waals surface area contributed by atoms with Crippen molar-refractivity contribution in [1.82, 2.24) is 5.43 Å². The second-order valence-corrected chi connectivity index (χ2v) is 6.07. The number of amides is 2.